The highest BCUT2D eigenvalue weighted by Gasteiger charge is 2.45. The van der Waals surface area contributed by atoms with E-state index < -0.39 is 5.60 Å². The summed E-state index contributed by atoms with van der Waals surface area (Å²) in [6.45, 7) is 4.39. The van der Waals surface area contributed by atoms with Gasteiger partial charge in [0.1, 0.15) is 5.82 Å². The topological polar surface area (TPSA) is 74.7 Å². The van der Waals surface area contributed by atoms with Crippen molar-refractivity contribution in [2.45, 2.75) is 50.9 Å². The molecule has 2 aliphatic rings. The van der Waals surface area contributed by atoms with Crippen LogP contribution in [0.15, 0.2) is 29.1 Å². The summed E-state index contributed by atoms with van der Waals surface area (Å²) in [4.78, 5) is 19.7. The Bertz CT molecular complexity index is 884. The predicted molar refractivity (Wildman–Crippen MR) is 117 cm³/mol. The fraction of sp³-hybridized carbons (Fsp3) is 0.565. The van der Waals surface area contributed by atoms with Gasteiger partial charge >= 0.3 is 0 Å². The molecule has 1 spiro atoms. The highest BCUT2D eigenvalue weighted by molar-refractivity contribution is 7.07. The third-order valence-corrected chi connectivity index (χ3v) is 7.32. The van der Waals surface area contributed by atoms with Crippen LogP contribution in [0.5, 0.6) is 0 Å². The van der Waals surface area contributed by atoms with Gasteiger partial charge in [-0.15, -0.1) is 11.3 Å². The Kier molecular flexibility index (Phi) is 7.01. The number of aromatic nitrogens is 1. The average Bonchev–Trinajstić information content (AvgIpc) is 3.42. The van der Waals surface area contributed by atoms with E-state index in [9.17, 15) is 9.18 Å². The van der Waals surface area contributed by atoms with E-state index in [1.807, 2.05) is 11.4 Å². The number of nitrogens with one attached hydrogen (secondary N) is 1. The van der Waals surface area contributed by atoms with Crippen molar-refractivity contribution in [2.24, 2.45) is 5.92 Å². The summed E-state index contributed by atoms with van der Waals surface area (Å²) in [5, 5.41) is 14.0. The first-order chi connectivity index (χ1) is 15.1. The van der Waals surface area contributed by atoms with Gasteiger partial charge in [-0.3, -0.25) is 9.69 Å². The number of fused-ring (bicyclic) bond motifs is 2. The zero-order chi connectivity index (χ0) is 21.8. The Labute approximate surface area is 186 Å². The molecule has 2 N–H and O–H groups in total. The predicted octanol–water partition coefficient (Wildman–Crippen LogP) is 2.85. The average molecular weight is 448 g/mol. The number of rotatable bonds is 8. The lowest BCUT2D eigenvalue weighted by Gasteiger charge is -2.44. The first kappa shape index (κ1) is 22.3. The Hall–Kier alpha value is -1.87. The van der Waals surface area contributed by atoms with Crippen LogP contribution in [-0.4, -0.2) is 53.2 Å². The second-order valence-electron chi connectivity index (χ2n) is 8.40. The molecule has 2 unspecified atom stereocenters. The van der Waals surface area contributed by atoms with Gasteiger partial charge in [-0.2, -0.15) is 0 Å². The summed E-state index contributed by atoms with van der Waals surface area (Å²) in [6.07, 6.45) is 2.97. The van der Waals surface area contributed by atoms with E-state index >= 15 is 0 Å². The van der Waals surface area contributed by atoms with Crippen LogP contribution in [-0.2, 0) is 28.2 Å². The van der Waals surface area contributed by atoms with Crippen LogP contribution in [0.4, 0.5) is 4.39 Å². The number of hydrogen-bond acceptors (Lipinski definition) is 6. The molecule has 2 aromatic rings. The first-order valence-corrected chi connectivity index (χ1v) is 11.9. The van der Waals surface area contributed by atoms with E-state index in [1.54, 1.807) is 11.6 Å². The SMILES string of the molecule is CCC(C(Cc1cscn1)C(=O)NCCO)N1CCC2(CC1)OCc1ccc(F)cc12. The minimum atomic E-state index is -0.421. The normalized spacial score (nSPS) is 19.8. The van der Waals surface area contributed by atoms with Crippen molar-refractivity contribution in [1.82, 2.24) is 15.2 Å². The van der Waals surface area contributed by atoms with Crippen LogP contribution in [0.25, 0.3) is 0 Å². The highest BCUT2D eigenvalue weighted by Crippen LogP contribution is 2.45. The molecule has 6 nitrogen and oxygen atoms in total. The monoisotopic (exact) mass is 447 g/mol. The van der Waals surface area contributed by atoms with Gasteiger partial charge in [-0.1, -0.05) is 13.0 Å². The molecule has 1 aromatic carbocycles. The number of likely N-dealkylation sites (tertiary alicyclic amines) is 1. The summed E-state index contributed by atoms with van der Waals surface area (Å²) in [7, 11) is 0. The lowest BCUT2D eigenvalue weighted by Crippen LogP contribution is -2.52. The van der Waals surface area contributed by atoms with Crippen molar-refractivity contribution in [3.8, 4) is 0 Å². The second kappa shape index (κ2) is 9.73. The largest absolute Gasteiger partial charge is 0.395 e. The van der Waals surface area contributed by atoms with E-state index in [0.717, 1.165) is 49.2 Å². The fourth-order valence-electron chi connectivity index (χ4n) is 5.10. The zero-order valence-electron chi connectivity index (χ0n) is 17.8. The number of piperidine rings is 1. The van der Waals surface area contributed by atoms with Crippen LogP contribution < -0.4 is 5.32 Å². The number of carbonyl (C=O) groups is 1. The number of aliphatic hydroxyl groups excluding tert-OH is 1. The second-order valence-corrected chi connectivity index (χ2v) is 9.12. The molecule has 3 heterocycles. The molecule has 1 saturated heterocycles. The van der Waals surface area contributed by atoms with Crippen LogP contribution in [0.3, 0.4) is 0 Å². The summed E-state index contributed by atoms with van der Waals surface area (Å²) in [6, 6.07) is 5.02. The summed E-state index contributed by atoms with van der Waals surface area (Å²) < 4.78 is 20.1. The van der Waals surface area contributed by atoms with E-state index in [0.29, 0.717) is 13.0 Å². The van der Waals surface area contributed by atoms with Crippen LogP contribution in [0, 0.1) is 11.7 Å². The molecular formula is C23H30FN3O3S. The van der Waals surface area contributed by atoms with Crippen molar-refractivity contribution in [3.05, 3.63) is 51.7 Å². The van der Waals surface area contributed by atoms with Crippen LogP contribution in [0.1, 0.15) is 43.0 Å². The van der Waals surface area contributed by atoms with Crippen LogP contribution >= 0.6 is 11.3 Å². The van der Waals surface area contributed by atoms with Crippen molar-refractivity contribution in [1.29, 1.82) is 0 Å². The lowest BCUT2D eigenvalue weighted by atomic mass is 9.81. The first-order valence-electron chi connectivity index (χ1n) is 11.0. The molecule has 8 heteroatoms. The minimum absolute atomic E-state index is 0.0429. The molecule has 2 atom stereocenters. The Morgan fingerprint density at radius 3 is 2.90 bits per heavy atom. The number of amides is 1. The molecule has 0 radical (unpaired) electrons. The summed E-state index contributed by atoms with van der Waals surface area (Å²) in [5.74, 6) is -0.512. The molecule has 31 heavy (non-hydrogen) atoms. The zero-order valence-corrected chi connectivity index (χ0v) is 18.7. The Morgan fingerprint density at radius 2 is 2.23 bits per heavy atom. The van der Waals surface area contributed by atoms with Gasteiger partial charge in [-0.05, 0) is 42.5 Å². The maximum absolute atomic E-state index is 13.9. The minimum Gasteiger partial charge on any atom is -0.395 e. The van der Waals surface area contributed by atoms with Crippen molar-refractivity contribution < 1.29 is 19.0 Å². The van der Waals surface area contributed by atoms with E-state index in [1.165, 1.54) is 17.4 Å². The highest BCUT2D eigenvalue weighted by atomic mass is 32.1. The van der Waals surface area contributed by atoms with Gasteiger partial charge in [-0.25, -0.2) is 9.37 Å². The molecule has 168 valence electrons. The van der Waals surface area contributed by atoms with Gasteiger partial charge in [0.05, 0.1) is 35.9 Å². The number of nitrogens with zero attached hydrogens (tertiary/aromatic N) is 2. The number of halogens is 1. The standard InChI is InChI=1S/C23H30FN3O3S/c1-2-21(19(22(29)25-7-10-28)12-18-14-31-15-26-18)27-8-5-23(6-9-27)20-11-17(24)4-3-16(20)13-30-23/h3-4,11,14-15,19,21,28H,2,5-10,12-13H2,1H3,(H,25,29). The molecule has 0 saturated carbocycles. The molecule has 1 aromatic heterocycles. The Balaban J connectivity index is 1.49. The number of ether oxygens (including phenoxy) is 1. The maximum atomic E-state index is 13.9. The smallest absolute Gasteiger partial charge is 0.225 e. The lowest BCUT2D eigenvalue weighted by molar-refractivity contribution is -0.129. The molecule has 1 amide bonds. The van der Waals surface area contributed by atoms with Gasteiger partial charge in [0.2, 0.25) is 5.91 Å². The third-order valence-electron chi connectivity index (χ3n) is 6.68. The molecule has 1 fully saturated rings. The molecular weight excluding hydrogens is 417 g/mol. The number of carbonyl (C=O) groups excluding carboxylic acids is 1. The van der Waals surface area contributed by atoms with E-state index in [2.05, 4.69) is 22.1 Å². The van der Waals surface area contributed by atoms with Gasteiger partial charge in [0.25, 0.3) is 0 Å². The van der Waals surface area contributed by atoms with Gasteiger partial charge in [0.15, 0.2) is 0 Å². The van der Waals surface area contributed by atoms with Gasteiger partial charge < -0.3 is 15.2 Å². The van der Waals surface area contributed by atoms with Crippen molar-refractivity contribution in [3.63, 3.8) is 0 Å². The molecule has 0 bridgehead atoms. The third kappa shape index (κ3) is 4.67. The van der Waals surface area contributed by atoms with Crippen molar-refractivity contribution >= 4 is 17.2 Å². The summed E-state index contributed by atoms with van der Waals surface area (Å²) >= 11 is 1.53. The molecule has 0 aliphatic carbocycles. The summed E-state index contributed by atoms with van der Waals surface area (Å²) in [5.41, 5.74) is 4.35. The van der Waals surface area contributed by atoms with E-state index in [4.69, 9.17) is 9.84 Å². The van der Waals surface area contributed by atoms with Gasteiger partial charge in [0, 0.05) is 37.5 Å². The number of hydrogen-bond donors (Lipinski definition) is 2. The van der Waals surface area contributed by atoms with Crippen LogP contribution in [0.2, 0.25) is 0 Å². The van der Waals surface area contributed by atoms with E-state index in [-0.39, 0.29) is 36.8 Å². The van der Waals surface area contributed by atoms with Crippen molar-refractivity contribution in [2.75, 3.05) is 26.2 Å². The molecule has 2 aliphatic heterocycles. The fourth-order valence-corrected chi connectivity index (χ4v) is 5.67. The quantitative estimate of drug-likeness (QED) is 0.651. The maximum Gasteiger partial charge on any atom is 0.225 e. The molecule has 4 rings (SSSR count). The Morgan fingerprint density at radius 1 is 1.42 bits per heavy atom. The number of benzene rings is 1. The number of aliphatic hydroxyl groups is 1. The number of thiazole rings is 1.